The van der Waals surface area contributed by atoms with E-state index in [9.17, 15) is 14.7 Å². The molecule has 21 heavy (non-hydrogen) atoms. The van der Waals surface area contributed by atoms with Gasteiger partial charge in [-0.3, -0.25) is 4.79 Å². The van der Waals surface area contributed by atoms with Crippen LogP contribution in [0.4, 0.5) is 10.5 Å². The summed E-state index contributed by atoms with van der Waals surface area (Å²) in [6.07, 6.45) is 0.882. The van der Waals surface area contributed by atoms with Gasteiger partial charge in [-0.1, -0.05) is 41.4 Å². The Morgan fingerprint density at radius 2 is 1.95 bits per heavy atom. The van der Waals surface area contributed by atoms with E-state index < -0.39 is 17.4 Å². The average molecular weight is 378 g/mol. The zero-order valence-corrected chi connectivity index (χ0v) is 14.2. The summed E-state index contributed by atoms with van der Waals surface area (Å²) in [6, 6.07) is 4.60. The summed E-state index contributed by atoms with van der Waals surface area (Å²) >= 11 is 9.27. The Morgan fingerprint density at radius 1 is 1.33 bits per heavy atom. The van der Waals surface area contributed by atoms with Crippen molar-refractivity contribution >= 4 is 45.2 Å². The molecule has 0 aliphatic rings. The minimum atomic E-state index is -0.946. The van der Waals surface area contributed by atoms with Gasteiger partial charge in [0.05, 0.1) is 16.1 Å². The van der Waals surface area contributed by atoms with Crippen LogP contribution in [0.25, 0.3) is 0 Å². The molecule has 1 aromatic rings. The molecule has 0 spiro atoms. The van der Waals surface area contributed by atoms with Gasteiger partial charge in [-0.2, -0.15) is 0 Å². The minimum absolute atomic E-state index is 0.0623. The Morgan fingerprint density at radius 3 is 2.48 bits per heavy atom. The molecule has 0 aromatic heterocycles. The van der Waals surface area contributed by atoms with Gasteiger partial charge in [-0.25, -0.2) is 4.79 Å². The third-order valence-electron chi connectivity index (χ3n) is 3.57. The molecule has 7 heteroatoms. The molecule has 0 bridgehead atoms. The SMILES string of the molecule is CCC(CC)(CNC(=O)Nc1cc(Br)ccc1Cl)C(=O)O. The number of nitrogens with one attached hydrogen (secondary N) is 2. The fourth-order valence-corrected chi connectivity index (χ4v) is 2.41. The Balaban J connectivity index is 2.70. The summed E-state index contributed by atoms with van der Waals surface area (Å²) in [5.41, 5.74) is -0.490. The van der Waals surface area contributed by atoms with Gasteiger partial charge < -0.3 is 15.7 Å². The van der Waals surface area contributed by atoms with Crippen molar-refractivity contribution in [3.05, 3.63) is 27.7 Å². The van der Waals surface area contributed by atoms with Gasteiger partial charge in [-0.05, 0) is 31.0 Å². The first-order valence-electron chi connectivity index (χ1n) is 6.58. The highest BCUT2D eigenvalue weighted by Crippen LogP contribution is 2.27. The van der Waals surface area contributed by atoms with Crippen molar-refractivity contribution in [3.8, 4) is 0 Å². The van der Waals surface area contributed by atoms with E-state index in [4.69, 9.17) is 11.6 Å². The van der Waals surface area contributed by atoms with Gasteiger partial charge in [0.2, 0.25) is 0 Å². The summed E-state index contributed by atoms with van der Waals surface area (Å²) in [5, 5.41) is 14.9. The molecule has 3 N–H and O–H groups in total. The third-order valence-corrected chi connectivity index (χ3v) is 4.39. The number of anilines is 1. The lowest BCUT2D eigenvalue weighted by atomic mass is 9.82. The fraction of sp³-hybridized carbons (Fsp3) is 0.429. The van der Waals surface area contributed by atoms with Crippen molar-refractivity contribution < 1.29 is 14.7 Å². The molecule has 0 aliphatic heterocycles. The van der Waals surface area contributed by atoms with Crippen LogP contribution in [-0.2, 0) is 4.79 Å². The molecule has 0 saturated carbocycles. The lowest BCUT2D eigenvalue weighted by Crippen LogP contribution is -2.43. The van der Waals surface area contributed by atoms with Crippen LogP contribution in [0.15, 0.2) is 22.7 Å². The molecule has 0 heterocycles. The van der Waals surface area contributed by atoms with Crippen LogP contribution in [-0.4, -0.2) is 23.7 Å². The van der Waals surface area contributed by atoms with Crippen LogP contribution in [0.5, 0.6) is 0 Å². The lowest BCUT2D eigenvalue weighted by Gasteiger charge is -2.26. The highest BCUT2D eigenvalue weighted by Gasteiger charge is 2.35. The van der Waals surface area contributed by atoms with E-state index in [0.29, 0.717) is 23.6 Å². The quantitative estimate of drug-likeness (QED) is 0.698. The van der Waals surface area contributed by atoms with Crippen LogP contribution in [0.3, 0.4) is 0 Å². The largest absolute Gasteiger partial charge is 0.481 e. The zero-order valence-electron chi connectivity index (χ0n) is 11.9. The van der Waals surface area contributed by atoms with E-state index in [1.165, 1.54) is 0 Å². The van der Waals surface area contributed by atoms with Crippen molar-refractivity contribution in [1.29, 1.82) is 0 Å². The van der Waals surface area contributed by atoms with E-state index in [0.717, 1.165) is 4.47 Å². The number of carbonyl (C=O) groups is 2. The van der Waals surface area contributed by atoms with Gasteiger partial charge in [0.1, 0.15) is 0 Å². The predicted octanol–water partition coefficient (Wildman–Crippen LogP) is 4.12. The normalized spacial score (nSPS) is 11.0. The Bertz CT molecular complexity index is 533. The number of carboxylic acid groups (broad SMARTS) is 1. The second kappa shape index (κ2) is 7.66. The Kier molecular flexibility index (Phi) is 6.48. The monoisotopic (exact) mass is 376 g/mol. The van der Waals surface area contributed by atoms with Crippen molar-refractivity contribution in [2.24, 2.45) is 5.41 Å². The Labute approximate surface area is 137 Å². The van der Waals surface area contributed by atoms with Crippen LogP contribution in [0.1, 0.15) is 26.7 Å². The maximum Gasteiger partial charge on any atom is 0.319 e. The lowest BCUT2D eigenvalue weighted by molar-refractivity contribution is -0.149. The number of hydrogen-bond donors (Lipinski definition) is 3. The van der Waals surface area contributed by atoms with E-state index in [-0.39, 0.29) is 6.54 Å². The summed E-state index contributed by atoms with van der Waals surface area (Å²) in [6.45, 7) is 3.65. The summed E-state index contributed by atoms with van der Waals surface area (Å²) in [7, 11) is 0. The number of urea groups is 1. The van der Waals surface area contributed by atoms with Crippen molar-refractivity contribution in [2.45, 2.75) is 26.7 Å². The van der Waals surface area contributed by atoms with Crippen molar-refractivity contribution in [2.75, 3.05) is 11.9 Å². The maximum atomic E-state index is 11.9. The molecule has 0 unspecified atom stereocenters. The molecular formula is C14H18BrClN2O3. The molecule has 0 atom stereocenters. The van der Waals surface area contributed by atoms with Gasteiger partial charge >= 0.3 is 12.0 Å². The van der Waals surface area contributed by atoms with E-state index in [2.05, 4.69) is 26.6 Å². The molecule has 0 aliphatic carbocycles. The fourth-order valence-electron chi connectivity index (χ4n) is 1.89. The molecule has 0 saturated heterocycles. The van der Waals surface area contributed by atoms with Gasteiger partial charge in [0, 0.05) is 11.0 Å². The summed E-state index contributed by atoms with van der Waals surface area (Å²) < 4.78 is 0.782. The van der Waals surface area contributed by atoms with Crippen LogP contribution in [0.2, 0.25) is 5.02 Å². The number of amides is 2. The number of carbonyl (C=O) groups excluding carboxylic acids is 1. The molecular weight excluding hydrogens is 360 g/mol. The van der Waals surface area contributed by atoms with Gasteiger partial charge in [-0.15, -0.1) is 0 Å². The predicted molar refractivity (Wildman–Crippen MR) is 86.8 cm³/mol. The summed E-state index contributed by atoms with van der Waals surface area (Å²) in [5.74, 6) is -0.909. The second-order valence-electron chi connectivity index (χ2n) is 4.72. The third kappa shape index (κ3) is 4.61. The highest BCUT2D eigenvalue weighted by atomic mass is 79.9. The molecule has 2 amide bonds. The maximum absolute atomic E-state index is 11.9. The molecule has 0 fully saturated rings. The van der Waals surface area contributed by atoms with Gasteiger partial charge in [0.15, 0.2) is 0 Å². The molecule has 0 radical (unpaired) electrons. The zero-order chi connectivity index (χ0) is 16.0. The number of rotatable bonds is 6. The molecule has 1 rings (SSSR count). The minimum Gasteiger partial charge on any atom is -0.481 e. The topological polar surface area (TPSA) is 78.4 Å². The number of carboxylic acids is 1. The first-order chi connectivity index (χ1) is 9.84. The molecule has 5 nitrogen and oxygen atoms in total. The number of halogens is 2. The van der Waals surface area contributed by atoms with Crippen LogP contribution >= 0.6 is 27.5 Å². The first kappa shape index (κ1) is 17.8. The van der Waals surface area contributed by atoms with Crippen molar-refractivity contribution in [3.63, 3.8) is 0 Å². The number of hydrogen-bond acceptors (Lipinski definition) is 2. The number of aliphatic carboxylic acids is 1. The van der Waals surface area contributed by atoms with E-state index in [1.54, 1.807) is 32.0 Å². The standard InChI is InChI=1S/C14H18BrClN2O3/c1-3-14(4-2,12(19)20)8-17-13(21)18-11-7-9(15)5-6-10(11)16/h5-7H,3-4,8H2,1-2H3,(H,19,20)(H2,17,18,21). The van der Waals surface area contributed by atoms with E-state index in [1.807, 2.05) is 0 Å². The average Bonchev–Trinajstić information content (AvgIpc) is 2.44. The van der Waals surface area contributed by atoms with E-state index >= 15 is 0 Å². The highest BCUT2D eigenvalue weighted by molar-refractivity contribution is 9.10. The Hall–Kier alpha value is -1.27. The number of benzene rings is 1. The van der Waals surface area contributed by atoms with Gasteiger partial charge in [0.25, 0.3) is 0 Å². The van der Waals surface area contributed by atoms with Crippen LogP contribution < -0.4 is 10.6 Å². The second-order valence-corrected chi connectivity index (χ2v) is 6.05. The molecule has 1 aromatic carbocycles. The summed E-state index contributed by atoms with van der Waals surface area (Å²) in [4.78, 5) is 23.2. The first-order valence-corrected chi connectivity index (χ1v) is 7.75. The van der Waals surface area contributed by atoms with Crippen molar-refractivity contribution in [1.82, 2.24) is 5.32 Å². The smallest absolute Gasteiger partial charge is 0.319 e. The molecule has 116 valence electrons. The van der Waals surface area contributed by atoms with Crippen LogP contribution in [0, 0.1) is 5.41 Å².